The molecule has 0 radical (unpaired) electrons. The fourth-order valence-corrected chi connectivity index (χ4v) is 4.21. The first-order valence-electron chi connectivity index (χ1n) is 9.49. The van der Waals surface area contributed by atoms with Crippen molar-refractivity contribution < 1.29 is 9.59 Å². The molecule has 0 spiro atoms. The largest absolute Gasteiger partial charge is 0.326 e. The number of anilines is 1. The van der Waals surface area contributed by atoms with E-state index in [1.54, 1.807) is 11.0 Å². The molecule has 0 saturated carbocycles. The van der Waals surface area contributed by atoms with E-state index < -0.39 is 5.25 Å². The van der Waals surface area contributed by atoms with Crippen molar-refractivity contribution >= 4 is 40.1 Å². The summed E-state index contributed by atoms with van der Waals surface area (Å²) in [4.78, 5) is 31.8. The van der Waals surface area contributed by atoms with E-state index in [-0.39, 0.29) is 18.2 Å². The zero-order valence-corrected chi connectivity index (χ0v) is 17.8. The Kier molecular flexibility index (Phi) is 6.54. The maximum absolute atomic E-state index is 12.9. The van der Waals surface area contributed by atoms with Gasteiger partial charge in [-0.2, -0.15) is 0 Å². The lowest BCUT2D eigenvalue weighted by Gasteiger charge is -2.14. The van der Waals surface area contributed by atoms with Gasteiger partial charge in [-0.05, 0) is 49.6 Å². The maximum atomic E-state index is 12.9. The van der Waals surface area contributed by atoms with Crippen molar-refractivity contribution in [3.8, 4) is 0 Å². The molecular weight excluding hydrogens is 382 g/mol. The van der Waals surface area contributed by atoms with Gasteiger partial charge in [-0.1, -0.05) is 48.2 Å². The maximum Gasteiger partial charge on any atom is 0.242 e. The molecule has 0 aromatic heterocycles. The number of amides is 2. The van der Waals surface area contributed by atoms with Crippen molar-refractivity contribution in [1.82, 2.24) is 4.90 Å². The van der Waals surface area contributed by atoms with Crippen LogP contribution in [0.25, 0.3) is 0 Å². The normalized spacial score (nSPS) is 17.6. The quantitative estimate of drug-likeness (QED) is 0.703. The van der Waals surface area contributed by atoms with Gasteiger partial charge >= 0.3 is 0 Å². The van der Waals surface area contributed by atoms with E-state index in [1.165, 1.54) is 11.8 Å². The Hall–Kier alpha value is -2.86. The average Bonchev–Trinajstić information content (AvgIpc) is 2.95. The molecular formula is C23H25N3O2S. The van der Waals surface area contributed by atoms with Crippen LogP contribution < -0.4 is 5.32 Å². The molecule has 29 heavy (non-hydrogen) atoms. The van der Waals surface area contributed by atoms with E-state index in [0.29, 0.717) is 11.7 Å². The minimum absolute atomic E-state index is 0.0946. The number of aliphatic imine (C=N–C) groups is 1. The van der Waals surface area contributed by atoms with E-state index >= 15 is 0 Å². The summed E-state index contributed by atoms with van der Waals surface area (Å²) < 4.78 is 0. The highest BCUT2D eigenvalue weighted by atomic mass is 32.2. The number of nitrogens with one attached hydrogen (secondary N) is 1. The fraction of sp³-hybridized carbons (Fsp3) is 0.261. The number of amidine groups is 1. The summed E-state index contributed by atoms with van der Waals surface area (Å²) >= 11 is 1.33. The van der Waals surface area contributed by atoms with Gasteiger partial charge in [-0.3, -0.25) is 14.5 Å². The lowest BCUT2D eigenvalue weighted by Crippen LogP contribution is -2.33. The van der Waals surface area contributed by atoms with Gasteiger partial charge in [-0.15, -0.1) is 6.58 Å². The molecule has 1 aliphatic heterocycles. The van der Waals surface area contributed by atoms with Crippen LogP contribution >= 0.6 is 11.8 Å². The minimum Gasteiger partial charge on any atom is -0.326 e. The Bertz CT molecular complexity index is 984. The molecule has 2 aromatic rings. The van der Waals surface area contributed by atoms with Crippen molar-refractivity contribution in [2.75, 3.05) is 11.9 Å². The molecule has 1 N–H and O–H groups in total. The molecule has 0 aliphatic carbocycles. The van der Waals surface area contributed by atoms with Crippen LogP contribution in [-0.2, 0) is 9.59 Å². The molecule has 3 rings (SSSR count). The highest BCUT2D eigenvalue weighted by molar-refractivity contribution is 8.15. The second kappa shape index (κ2) is 9.09. The predicted octanol–water partition coefficient (Wildman–Crippen LogP) is 4.76. The number of rotatable bonds is 6. The van der Waals surface area contributed by atoms with Gasteiger partial charge in [0.1, 0.15) is 5.25 Å². The SMILES string of the molecule is C=CCN1C(=O)[C@@H](CC(=O)Nc2cc(C)ccc2C)SC1=Nc1ccccc1C. The van der Waals surface area contributed by atoms with Crippen LogP contribution in [0.1, 0.15) is 23.1 Å². The molecule has 1 fully saturated rings. The first kappa shape index (κ1) is 20.9. The molecule has 5 nitrogen and oxygen atoms in total. The zero-order chi connectivity index (χ0) is 21.0. The first-order chi connectivity index (χ1) is 13.9. The Balaban J connectivity index is 1.77. The lowest BCUT2D eigenvalue weighted by molar-refractivity contribution is -0.127. The topological polar surface area (TPSA) is 61.8 Å². The van der Waals surface area contributed by atoms with Crippen LogP contribution in [0.5, 0.6) is 0 Å². The molecule has 0 unspecified atom stereocenters. The van der Waals surface area contributed by atoms with Crippen LogP contribution in [0, 0.1) is 20.8 Å². The molecule has 2 amide bonds. The molecule has 1 heterocycles. The second-order valence-corrected chi connectivity index (χ2v) is 8.27. The Morgan fingerprint density at radius 3 is 2.69 bits per heavy atom. The van der Waals surface area contributed by atoms with Crippen molar-refractivity contribution in [2.24, 2.45) is 4.99 Å². The Morgan fingerprint density at radius 1 is 1.21 bits per heavy atom. The summed E-state index contributed by atoms with van der Waals surface area (Å²) in [5, 5.41) is 3.04. The minimum atomic E-state index is -0.497. The summed E-state index contributed by atoms with van der Waals surface area (Å²) in [6, 6.07) is 13.7. The third-order valence-electron chi connectivity index (χ3n) is 4.70. The van der Waals surface area contributed by atoms with E-state index in [2.05, 4.69) is 16.9 Å². The Morgan fingerprint density at radius 2 is 1.97 bits per heavy atom. The van der Waals surface area contributed by atoms with Gasteiger partial charge < -0.3 is 5.32 Å². The molecule has 1 saturated heterocycles. The summed E-state index contributed by atoms with van der Waals surface area (Å²) in [6.45, 7) is 10.0. The third-order valence-corrected chi connectivity index (χ3v) is 5.88. The lowest BCUT2D eigenvalue weighted by atomic mass is 10.1. The number of benzene rings is 2. The van der Waals surface area contributed by atoms with Crippen LogP contribution in [0.4, 0.5) is 11.4 Å². The second-order valence-electron chi connectivity index (χ2n) is 7.10. The number of hydrogen-bond acceptors (Lipinski definition) is 4. The summed E-state index contributed by atoms with van der Waals surface area (Å²) in [5.41, 5.74) is 4.69. The van der Waals surface area contributed by atoms with Gasteiger partial charge in [0.15, 0.2) is 5.17 Å². The number of carbonyl (C=O) groups is 2. The molecule has 6 heteroatoms. The van der Waals surface area contributed by atoms with Crippen molar-refractivity contribution in [3.63, 3.8) is 0 Å². The smallest absolute Gasteiger partial charge is 0.242 e. The van der Waals surface area contributed by atoms with Crippen molar-refractivity contribution in [1.29, 1.82) is 0 Å². The highest BCUT2D eigenvalue weighted by Crippen LogP contribution is 2.32. The summed E-state index contributed by atoms with van der Waals surface area (Å²) in [7, 11) is 0. The zero-order valence-electron chi connectivity index (χ0n) is 16.9. The number of aryl methyl sites for hydroxylation is 3. The number of hydrogen-bond donors (Lipinski definition) is 1. The van der Waals surface area contributed by atoms with Crippen LogP contribution in [-0.4, -0.2) is 33.7 Å². The number of carbonyl (C=O) groups excluding carboxylic acids is 2. The molecule has 2 aromatic carbocycles. The third kappa shape index (κ3) is 4.95. The summed E-state index contributed by atoms with van der Waals surface area (Å²) in [5.74, 6) is -0.293. The molecule has 0 bridgehead atoms. The average molecular weight is 408 g/mol. The van der Waals surface area contributed by atoms with Crippen LogP contribution in [0.3, 0.4) is 0 Å². The predicted molar refractivity (Wildman–Crippen MR) is 121 cm³/mol. The van der Waals surface area contributed by atoms with Gasteiger partial charge in [0.05, 0.1) is 5.69 Å². The van der Waals surface area contributed by atoms with E-state index in [0.717, 1.165) is 28.1 Å². The van der Waals surface area contributed by atoms with Gasteiger partial charge in [-0.25, -0.2) is 4.99 Å². The van der Waals surface area contributed by atoms with Gasteiger partial charge in [0.25, 0.3) is 0 Å². The molecule has 1 atom stereocenters. The monoisotopic (exact) mass is 407 g/mol. The first-order valence-corrected chi connectivity index (χ1v) is 10.4. The van der Waals surface area contributed by atoms with Crippen LogP contribution in [0.2, 0.25) is 0 Å². The van der Waals surface area contributed by atoms with Crippen LogP contribution in [0.15, 0.2) is 60.1 Å². The van der Waals surface area contributed by atoms with E-state index in [1.807, 2.05) is 63.2 Å². The number of thioether (sulfide) groups is 1. The molecule has 1 aliphatic rings. The number of nitrogens with zero attached hydrogens (tertiary/aromatic N) is 2. The van der Waals surface area contributed by atoms with E-state index in [4.69, 9.17) is 0 Å². The highest BCUT2D eigenvalue weighted by Gasteiger charge is 2.38. The van der Waals surface area contributed by atoms with Gasteiger partial charge in [0, 0.05) is 18.7 Å². The van der Waals surface area contributed by atoms with Crippen molar-refractivity contribution in [2.45, 2.75) is 32.4 Å². The van der Waals surface area contributed by atoms with Gasteiger partial charge in [0.2, 0.25) is 11.8 Å². The Labute approximate surface area is 175 Å². The number of para-hydroxylation sites is 1. The van der Waals surface area contributed by atoms with E-state index in [9.17, 15) is 9.59 Å². The van der Waals surface area contributed by atoms with Crippen molar-refractivity contribution in [3.05, 3.63) is 71.8 Å². The standard InChI is InChI=1S/C23H25N3O2S/c1-5-12-26-22(28)20(29-23(26)25-18-9-7-6-8-16(18)3)14-21(27)24-19-13-15(2)10-11-17(19)4/h5-11,13,20H,1,12,14H2,2-4H3,(H,24,27)/t20-/m1/s1. The molecule has 150 valence electrons. The fourth-order valence-electron chi connectivity index (χ4n) is 3.05. The summed E-state index contributed by atoms with van der Waals surface area (Å²) in [6.07, 6.45) is 1.77.